The number of nitrogens with zero attached hydrogens (tertiary/aromatic N) is 5. The maximum atomic E-state index is 17.0. The molecule has 234 valence electrons. The van der Waals surface area contributed by atoms with Crippen LogP contribution < -0.4 is 15.0 Å². The molecule has 2 aromatic carbocycles. The second-order valence-corrected chi connectivity index (χ2v) is 12.8. The van der Waals surface area contributed by atoms with Gasteiger partial charge in [0.15, 0.2) is 5.82 Å². The molecule has 4 atom stereocenters. The number of ether oxygens (including phenoxy) is 1. The minimum Gasteiger partial charge on any atom is -0.508 e. The Bertz CT molecular complexity index is 1990. The third-order valence-corrected chi connectivity index (χ3v) is 10.2. The molecule has 4 aliphatic heterocycles. The van der Waals surface area contributed by atoms with E-state index in [1.807, 2.05) is 0 Å². The number of fused-ring (bicyclic) bond motifs is 5. The van der Waals surface area contributed by atoms with Crippen LogP contribution in [0, 0.1) is 36.3 Å². The lowest BCUT2D eigenvalue weighted by Gasteiger charge is -2.37. The molecule has 2 bridgehead atoms. The van der Waals surface area contributed by atoms with E-state index < -0.39 is 23.3 Å². The van der Waals surface area contributed by atoms with Crippen molar-refractivity contribution < 1.29 is 23.0 Å². The Kier molecular flexibility index (Phi) is 6.75. The summed E-state index contributed by atoms with van der Waals surface area (Å²) < 4.78 is 52.7. The number of hydrogen-bond acceptors (Lipinski definition) is 8. The van der Waals surface area contributed by atoms with Gasteiger partial charge in [0.25, 0.3) is 0 Å². The molecule has 8 nitrogen and oxygen atoms in total. The van der Waals surface area contributed by atoms with Crippen molar-refractivity contribution in [3.05, 3.63) is 47.2 Å². The fraction of sp³-hybridized carbons (Fsp3) is 0.400. The number of aromatic nitrogens is 3. The lowest BCUT2D eigenvalue weighted by molar-refractivity contribution is 0.107. The van der Waals surface area contributed by atoms with E-state index >= 15 is 4.39 Å². The zero-order valence-corrected chi connectivity index (χ0v) is 25.0. The number of aromatic hydroxyl groups is 1. The Morgan fingerprint density at radius 2 is 1.87 bits per heavy atom. The summed E-state index contributed by atoms with van der Waals surface area (Å²) in [6, 6.07) is 5.52. The van der Waals surface area contributed by atoms with E-state index in [9.17, 15) is 13.9 Å². The quantitative estimate of drug-likeness (QED) is 0.310. The first kappa shape index (κ1) is 28.9. The molecule has 0 spiro atoms. The van der Waals surface area contributed by atoms with Gasteiger partial charge in [0.05, 0.1) is 16.5 Å². The predicted molar refractivity (Wildman–Crippen MR) is 168 cm³/mol. The van der Waals surface area contributed by atoms with Gasteiger partial charge in [-0.3, -0.25) is 4.90 Å². The smallest absolute Gasteiger partial charge is 0.319 e. The Labute approximate surface area is 264 Å². The highest BCUT2D eigenvalue weighted by atomic mass is 19.1. The lowest BCUT2D eigenvalue weighted by Crippen LogP contribution is -2.52. The average Bonchev–Trinajstić information content (AvgIpc) is 3.66. The van der Waals surface area contributed by atoms with Gasteiger partial charge in [0, 0.05) is 49.1 Å². The number of terminal acetylenes is 2. The molecular weight excluding hydrogens is 593 g/mol. The summed E-state index contributed by atoms with van der Waals surface area (Å²) in [7, 11) is 0. The van der Waals surface area contributed by atoms with E-state index in [2.05, 4.69) is 36.9 Å². The number of anilines is 1. The summed E-state index contributed by atoms with van der Waals surface area (Å²) in [5.74, 6) is 3.71. The molecule has 11 heteroatoms. The summed E-state index contributed by atoms with van der Waals surface area (Å²) in [4.78, 5) is 18.3. The molecule has 6 heterocycles. The maximum Gasteiger partial charge on any atom is 0.319 e. The Morgan fingerprint density at radius 3 is 2.63 bits per heavy atom. The van der Waals surface area contributed by atoms with Crippen LogP contribution in [0.2, 0.25) is 0 Å². The number of halogens is 3. The van der Waals surface area contributed by atoms with Gasteiger partial charge >= 0.3 is 6.01 Å². The fourth-order valence-electron chi connectivity index (χ4n) is 8.19. The summed E-state index contributed by atoms with van der Waals surface area (Å²) in [5, 5.41) is 14.9. The molecule has 4 fully saturated rings. The van der Waals surface area contributed by atoms with Crippen molar-refractivity contribution in [2.75, 3.05) is 37.7 Å². The molecule has 0 radical (unpaired) electrons. The van der Waals surface area contributed by atoms with Crippen LogP contribution in [-0.4, -0.2) is 81.5 Å². The molecule has 0 saturated carbocycles. The molecule has 4 aromatic rings. The first-order valence-corrected chi connectivity index (χ1v) is 15.6. The van der Waals surface area contributed by atoms with Crippen LogP contribution in [0.3, 0.4) is 0 Å². The SMILES string of the molecule is C#Cc1c(F)ccc2cc(O)cc(-c3nc(C#C)c4c(N5C6CCC5CNC6)nc(OC[C@@]56CCCN5C[C@H](F)C6)nc4c3F)c12. The fourth-order valence-corrected chi connectivity index (χ4v) is 8.19. The van der Waals surface area contributed by atoms with E-state index in [1.54, 1.807) is 0 Å². The minimum absolute atomic E-state index is 0.0425. The van der Waals surface area contributed by atoms with Crippen molar-refractivity contribution >= 4 is 27.5 Å². The predicted octanol–water partition coefficient (Wildman–Crippen LogP) is 4.69. The number of piperazine rings is 1. The summed E-state index contributed by atoms with van der Waals surface area (Å²) in [5.41, 5.74) is -0.737. The molecular formula is C35H31F3N6O2. The Morgan fingerprint density at radius 1 is 1.07 bits per heavy atom. The van der Waals surface area contributed by atoms with Crippen molar-refractivity contribution in [2.24, 2.45) is 0 Å². The summed E-state index contributed by atoms with van der Waals surface area (Å²) in [6.07, 6.45) is 14.7. The van der Waals surface area contributed by atoms with Crippen LogP contribution in [0.1, 0.15) is 43.4 Å². The maximum absolute atomic E-state index is 17.0. The number of rotatable bonds is 5. The highest BCUT2D eigenvalue weighted by Gasteiger charge is 2.49. The first-order valence-electron chi connectivity index (χ1n) is 15.6. The largest absolute Gasteiger partial charge is 0.508 e. The monoisotopic (exact) mass is 624 g/mol. The summed E-state index contributed by atoms with van der Waals surface area (Å²) >= 11 is 0. The van der Waals surface area contributed by atoms with Crippen LogP contribution in [-0.2, 0) is 0 Å². The van der Waals surface area contributed by atoms with Crippen LogP contribution in [0.25, 0.3) is 32.9 Å². The second-order valence-electron chi connectivity index (χ2n) is 12.8. The van der Waals surface area contributed by atoms with Crippen LogP contribution in [0.5, 0.6) is 11.8 Å². The Balaban J connectivity index is 1.35. The number of hydrogen-bond donors (Lipinski definition) is 2. The number of benzene rings is 2. The van der Waals surface area contributed by atoms with Crippen molar-refractivity contribution in [3.63, 3.8) is 0 Å². The number of pyridine rings is 1. The third-order valence-electron chi connectivity index (χ3n) is 10.2. The van der Waals surface area contributed by atoms with Crippen LogP contribution in [0.4, 0.5) is 19.0 Å². The molecule has 2 N–H and O–H groups in total. The van der Waals surface area contributed by atoms with E-state index in [-0.39, 0.29) is 69.3 Å². The number of phenolic OH excluding ortho intramolecular Hbond substituents is 1. The zero-order valence-electron chi connectivity index (χ0n) is 25.0. The van der Waals surface area contributed by atoms with Crippen molar-refractivity contribution in [3.8, 4) is 47.7 Å². The minimum atomic E-state index is -0.937. The number of phenols is 1. The summed E-state index contributed by atoms with van der Waals surface area (Å²) in [6.45, 7) is 2.78. The topological polar surface area (TPSA) is 86.6 Å². The number of alkyl halides is 1. The van der Waals surface area contributed by atoms with Gasteiger partial charge in [0.2, 0.25) is 0 Å². The second kappa shape index (κ2) is 10.8. The standard InChI is InChI=1S/C35H31F3N6O2/c1-3-24-26(37)9-6-19-12-23(45)13-25(28(19)24)31-30(38)32-29(27(4-2)40-31)33(44-21-7-8-22(44)16-39-15-21)42-34(41-32)46-18-35-10-5-11-43(35)17-20(36)14-35/h1-2,6,9,12-13,20-22,39,45H,5,7-8,10-11,14-18H2/t20-,21?,22?,35+/m1/s1. The average molecular weight is 625 g/mol. The molecule has 0 aliphatic carbocycles. The van der Waals surface area contributed by atoms with Gasteiger partial charge in [-0.05, 0) is 61.7 Å². The van der Waals surface area contributed by atoms with E-state index in [1.165, 1.54) is 24.3 Å². The van der Waals surface area contributed by atoms with Crippen molar-refractivity contribution in [2.45, 2.75) is 55.9 Å². The van der Waals surface area contributed by atoms with E-state index in [0.29, 0.717) is 24.2 Å². The molecule has 2 unspecified atom stereocenters. The molecule has 0 amide bonds. The molecule has 46 heavy (non-hydrogen) atoms. The third kappa shape index (κ3) is 4.37. The molecule has 4 aliphatic rings. The van der Waals surface area contributed by atoms with Crippen LogP contribution in [0.15, 0.2) is 24.3 Å². The number of nitrogens with one attached hydrogen (secondary N) is 1. The van der Waals surface area contributed by atoms with Crippen LogP contribution >= 0.6 is 0 Å². The van der Waals surface area contributed by atoms with Gasteiger partial charge in [-0.1, -0.05) is 12.0 Å². The zero-order chi connectivity index (χ0) is 31.7. The molecule has 4 saturated heterocycles. The van der Waals surface area contributed by atoms with Gasteiger partial charge in [-0.25, -0.2) is 18.2 Å². The highest BCUT2D eigenvalue weighted by Crippen LogP contribution is 2.43. The molecule has 8 rings (SSSR count). The molecule has 2 aromatic heterocycles. The van der Waals surface area contributed by atoms with Crippen molar-refractivity contribution in [1.29, 1.82) is 0 Å². The van der Waals surface area contributed by atoms with E-state index in [0.717, 1.165) is 45.3 Å². The first-order chi connectivity index (χ1) is 22.3. The lowest BCUT2D eigenvalue weighted by atomic mass is 9.95. The van der Waals surface area contributed by atoms with Gasteiger partial charge in [-0.15, -0.1) is 12.8 Å². The normalized spacial score (nSPS) is 25.6. The van der Waals surface area contributed by atoms with Crippen molar-refractivity contribution in [1.82, 2.24) is 25.2 Å². The Hall–Kier alpha value is -4.58. The van der Waals surface area contributed by atoms with Gasteiger partial charge < -0.3 is 20.1 Å². The van der Waals surface area contributed by atoms with Gasteiger partial charge in [0.1, 0.15) is 47.1 Å². The van der Waals surface area contributed by atoms with E-state index in [4.69, 9.17) is 22.6 Å². The van der Waals surface area contributed by atoms with Gasteiger partial charge in [-0.2, -0.15) is 9.97 Å². The highest BCUT2D eigenvalue weighted by molar-refractivity contribution is 6.04.